The van der Waals surface area contributed by atoms with Gasteiger partial charge in [-0.25, -0.2) is 8.42 Å². The Morgan fingerprint density at radius 3 is 2.88 bits per heavy atom. The minimum atomic E-state index is -3.43. The smallest absolute Gasteiger partial charge is 0.252 e. The first-order valence-corrected chi connectivity index (χ1v) is 7.20. The molecule has 1 amide bonds. The van der Waals surface area contributed by atoms with Crippen LogP contribution in [0, 0.1) is 0 Å². The number of nitrogens with one attached hydrogen (secondary N) is 1. The lowest BCUT2D eigenvalue weighted by Gasteiger charge is -2.15. The zero-order valence-electron chi connectivity index (χ0n) is 9.42. The molecule has 0 radical (unpaired) electrons. The molecule has 1 aromatic rings. The van der Waals surface area contributed by atoms with Gasteiger partial charge in [0, 0.05) is 20.1 Å². The molecule has 1 heterocycles. The molecule has 0 saturated carbocycles. The number of amides is 1. The summed E-state index contributed by atoms with van der Waals surface area (Å²) in [5.41, 5.74) is 0. The van der Waals surface area contributed by atoms with Gasteiger partial charge in [0.25, 0.3) is 10.0 Å². The molecule has 1 aromatic heterocycles. The number of rotatable bonds is 6. The van der Waals surface area contributed by atoms with Crippen molar-refractivity contribution < 1.29 is 13.2 Å². The van der Waals surface area contributed by atoms with Gasteiger partial charge in [-0.05, 0) is 17.5 Å². The van der Waals surface area contributed by atoms with Crippen molar-refractivity contribution >= 4 is 27.3 Å². The average Bonchev–Trinajstić information content (AvgIpc) is 2.82. The van der Waals surface area contributed by atoms with E-state index in [1.165, 1.54) is 22.7 Å². The molecule has 0 spiro atoms. The number of carbonyl (C=O) groups is 1. The SMILES string of the molecule is C=CC(=O)NCCN(C)S(=O)(=O)c1cccs1. The quantitative estimate of drug-likeness (QED) is 0.775. The monoisotopic (exact) mass is 274 g/mol. The first-order chi connectivity index (χ1) is 7.98. The molecule has 0 bridgehead atoms. The summed E-state index contributed by atoms with van der Waals surface area (Å²) < 4.78 is 25.4. The number of likely N-dealkylation sites (N-methyl/N-ethyl adjacent to an activating group) is 1. The van der Waals surface area contributed by atoms with E-state index in [4.69, 9.17) is 0 Å². The van der Waals surface area contributed by atoms with Crippen LogP contribution < -0.4 is 5.32 Å². The molecule has 94 valence electrons. The minimum absolute atomic E-state index is 0.222. The molecule has 0 aliphatic rings. The van der Waals surface area contributed by atoms with Crippen molar-refractivity contribution in [2.45, 2.75) is 4.21 Å². The number of hydrogen-bond acceptors (Lipinski definition) is 4. The van der Waals surface area contributed by atoms with Gasteiger partial charge in [-0.1, -0.05) is 12.6 Å². The van der Waals surface area contributed by atoms with Crippen LogP contribution in [0.3, 0.4) is 0 Å². The Hall–Kier alpha value is -1.18. The normalized spacial score (nSPS) is 11.4. The Balaban J connectivity index is 2.56. The van der Waals surface area contributed by atoms with Gasteiger partial charge in [0.15, 0.2) is 0 Å². The average molecular weight is 274 g/mol. The zero-order valence-corrected chi connectivity index (χ0v) is 11.1. The van der Waals surface area contributed by atoms with Crippen LogP contribution in [0.1, 0.15) is 0 Å². The Bertz CT molecular complexity index is 480. The molecule has 0 fully saturated rings. The van der Waals surface area contributed by atoms with E-state index in [1.54, 1.807) is 17.5 Å². The summed E-state index contributed by atoms with van der Waals surface area (Å²) in [4.78, 5) is 10.9. The van der Waals surface area contributed by atoms with Gasteiger partial charge in [0.2, 0.25) is 5.91 Å². The summed E-state index contributed by atoms with van der Waals surface area (Å²) in [6.07, 6.45) is 1.15. The Kier molecular flexibility index (Phi) is 4.86. The van der Waals surface area contributed by atoms with E-state index in [0.717, 1.165) is 6.08 Å². The topological polar surface area (TPSA) is 66.5 Å². The number of nitrogens with zero attached hydrogens (tertiary/aromatic N) is 1. The van der Waals surface area contributed by atoms with Gasteiger partial charge in [0.05, 0.1) is 0 Å². The van der Waals surface area contributed by atoms with E-state index >= 15 is 0 Å². The van der Waals surface area contributed by atoms with Crippen molar-refractivity contribution in [1.29, 1.82) is 0 Å². The fourth-order valence-electron chi connectivity index (χ4n) is 1.09. The lowest BCUT2D eigenvalue weighted by atomic mass is 10.5. The Labute approximate surface area is 105 Å². The first-order valence-electron chi connectivity index (χ1n) is 4.88. The molecule has 7 heteroatoms. The molecule has 0 saturated heterocycles. The van der Waals surface area contributed by atoms with Crippen molar-refractivity contribution in [3.05, 3.63) is 30.2 Å². The van der Waals surface area contributed by atoms with Gasteiger partial charge >= 0.3 is 0 Å². The second-order valence-corrected chi connectivity index (χ2v) is 6.47. The summed E-state index contributed by atoms with van der Waals surface area (Å²) in [5, 5.41) is 4.23. The molecule has 0 aliphatic carbocycles. The van der Waals surface area contributed by atoms with Crippen molar-refractivity contribution in [2.24, 2.45) is 0 Å². The molecule has 1 N–H and O–H groups in total. The maximum atomic E-state index is 11.9. The minimum Gasteiger partial charge on any atom is -0.351 e. The molecule has 0 atom stereocenters. The van der Waals surface area contributed by atoms with E-state index in [0.29, 0.717) is 4.21 Å². The largest absolute Gasteiger partial charge is 0.351 e. The van der Waals surface area contributed by atoms with E-state index in [9.17, 15) is 13.2 Å². The standard InChI is InChI=1S/C10H14N2O3S2/c1-3-9(13)11-6-7-12(2)17(14,15)10-5-4-8-16-10/h3-5,8H,1,6-7H2,2H3,(H,11,13). The molecular formula is C10H14N2O3S2. The van der Waals surface area contributed by atoms with Gasteiger partial charge in [-0.15, -0.1) is 11.3 Å². The highest BCUT2D eigenvalue weighted by molar-refractivity contribution is 7.91. The second kappa shape index (κ2) is 5.95. The maximum Gasteiger partial charge on any atom is 0.252 e. The van der Waals surface area contributed by atoms with Gasteiger partial charge in [-0.2, -0.15) is 4.31 Å². The highest BCUT2D eigenvalue weighted by atomic mass is 32.2. The number of hydrogen-bond donors (Lipinski definition) is 1. The third-order valence-electron chi connectivity index (χ3n) is 2.07. The maximum absolute atomic E-state index is 11.9. The first kappa shape index (κ1) is 13.9. The molecule has 0 aliphatic heterocycles. The summed E-state index contributed by atoms with van der Waals surface area (Å²) in [6, 6.07) is 3.24. The predicted molar refractivity (Wildman–Crippen MR) is 67.3 cm³/mol. The third-order valence-corrected chi connectivity index (χ3v) is 5.30. The second-order valence-electron chi connectivity index (χ2n) is 3.25. The van der Waals surface area contributed by atoms with Crippen molar-refractivity contribution in [2.75, 3.05) is 20.1 Å². The van der Waals surface area contributed by atoms with Crippen molar-refractivity contribution in [3.63, 3.8) is 0 Å². The van der Waals surface area contributed by atoms with Crippen LogP contribution in [0.15, 0.2) is 34.4 Å². The van der Waals surface area contributed by atoms with E-state index in [-0.39, 0.29) is 19.0 Å². The number of thiophene rings is 1. The van der Waals surface area contributed by atoms with Gasteiger partial charge in [-0.3, -0.25) is 4.79 Å². The third kappa shape index (κ3) is 3.65. The Morgan fingerprint density at radius 2 is 2.35 bits per heavy atom. The number of carbonyl (C=O) groups excluding carboxylic acids is 1. The Morgan fingerprint density at radius 1 is 1.65 bits per heavy atom. The molecule has 17 heavy (non-hydrogen) atoms. The number of sulfonamides is 1. The molecule has 5 nitrogen and oxygen atoms in total. The molecule has 0 aromatic carbocycles. The lowest BCUT2D eigenvalue weighted by molar-refractivity contribution is -0.116. The summed E-state index contributed by atoms with van der Waals surface area (Å²) in [6.45, 7) is 3.78. The summed E-state index contributed by atoms with van der Waals surface area (Å²) in [7, 11) is -1.94. The summed E-state index contributed by atoms with van der Waals surface area (Å²) in [5.74, 6) is -0.313. The molecular weight excluding hydrogens is 260 g/mol. The highest BCUT2D eigenvalue weighted by Gasteiger charge is 2.21. The zero-order chi connectivity index (χ0) is 12.9. The van der Waals surface area contributed by atoms with Crippen LogP contribution in [0.25, 0.3) is 0 Å². The molecule has 1 rings (SSSR count). The van der Waals surface area contributed by atoms with Crippen LogP contribution in [0.4, 0.5) is 0 Å². The van der Waals surface area contributed by atoms with Crippen LogP contribution in [0.5, 0.6) is 0 Å². The van der Waals surface area contributed by atoms with Gasteiger partial charge in [0.1, 0.15) is 4.21 Å². The lowest BCUT2D eigenvalue weighted by Crippen LogP contribution is -2.35. The van der Waals surface area contributed by atoms with Crippen molar-refractivity contribution in [1.82, 2.24) is 9.62 Å². The van der Waals surface area contributed by atoms with Crippen LogP contribution in [0.2, 0.25) is 0 Å². The highest BCUT2D eigenvalue weighted by Crippen LogP contribution is 2.19. The van der Waals surface area contributed by atoms with E-state index in [2.05, 4.69) is 11.9 Å². The molecule has 0 unspecified atom stereocenters. The van der Waals surface area contributed by atoms with E-state index in [1.807, 2.05) is 0 Å². The van der Waals surface area contributed by atoms with Gasteiger partial charge < -0.3 is 5.32 Å². The van der Waals surface area contributed by atoms with Crippen LogP contribution >= 0.6 is 11.3 Å². The fraction of sp³-hybridized carbons (Fsp3) is 0.300. The van der Waals surface area contributed by atoms with E-state index < -0.39 is 10.0 Å². The predicted octanol–water partition coefficient (Wildman–Crippen LogP) is 0.671. The van der Waals surface area contributed by atoms with Crippen LogP contribution in [-0.2, 0) is 14.8 Å². The summed E-state index contributed by atoms with van der Waals surface area (Å²) >= 11 is 1.17. The van der Waals surface area contributed by atoms with Crippen molar-refractivity contribution in [3.8, 4) is 0 Å². The fourth-order valence-corrected chi connectivity index (χ4v) is 3.47. The van der Waals surface area contributed by atoms with Crippen LogP contribution in [-0.4, -0.2) is 38.8 Å².